The van der Waals surface area contributed by atoms with Gasteiger partial charge in [-0.15, -0.1) is 0 Å². The van der Waals surface area contributed by atoms with Crippen LogP contribution in [0.3, 0.4) is 0 Å². The van der Waals surface area contributed by atoms with E-state index in [1.54, 1.807) is 5.57 Å². The van der Waals surface area contributed by atoms with Crippen LogP contribution in [0.15, 0.2) is 23.8 Å². The van der Waals surface area contributed by atoms with Gasteiger partial charge in [-0.05, 0) is 25.7 Å². The molecule has 0 bridgehead atoms. The van der Waals surface area contributed by atoms with Crippen molar-refractivity contribution in [1.82, 2.24) is 0 Å². The average Bonchev–Trinajstić information content (AvgIpc) is 2.28. The Morgan fingerprint density at radius 2 is 2.07 bits per heavy atom. The van der Waals surface area contributed by atoms with Crippen LogP contribution in [0.25, 0.3) is 0 Å². The first-order valence-electron chi connectivity index (χ1n) is 6.12. The maximum Gasteiger partial charge on any atom is 0.0542 e. The molecular weight excluding hydrogens is 184 g/mol. The zero-order valence-corrected chi connectivity index (χ0v) is 10.4. The number of allylic oxidation sites excluding steroid dienone is 4. The molecule has 0 aromatic carbocycles. The number of hydrogen-bond acceptors (Lipinski definition) is 1. The van der Waals surface area contributed by atoms with Gasteiger partial charge in [-0.1, -0.05) is 44.6 Å². The van der Waals surface area contributed by atoms with E-state index < -0.39 is 0 Å². The molecule has 2 aliphatic rings. The van der Waals surface area contributed by atoms with Crippen molar-refractivity contribution in [2.75, 3.05) is 13.2 Å². The molecule has 0 atom stereocenters. The highest BCUT2D eigenvalue weighted by molar-refractivity contribution is 5.16. The van der Waals surface area contributed by atoms with Gasteiger partial charge in [-0.3, -0.25) is 0 Å². The molecule has 0 unspecified atom stereocenters. The minimum Gasteiger partial charge on any atom is -0.380 e. The van der Waals surface area contributed by atoms with Gasteiger partial charge in [-0.25, -0.2) is 0 Å². The molecule has 0 amide bonds. The summed E-state index contributed by atoms with van der Waals surface area (Å²) >= 11 is 0. The Labute approximate surface area is 94.2 Å². The molecule has 1 heterocycles. The van der Waals surface area contributed by atoms with Crippen LogP contribution in [0.2, 0.25) is 0 Å². The van der Waals surface area contributed by atoms with E-state index in [0.717, 1.165) is 13.2 Å². The van der Waals surface area contributed by atoms with Gasteiger partial charge < -0.3 is 4.74 Å². The Hall–Kier alpha value is -0.560. The highest BCUT2D eigenvalue weighted by atomic mass is 16.5. The molecule has 1 nitrogen and oxygen atoms in total. The molecule has 0 spiro atoms. The molecule has 86 valence electrons. The van der Waals surface area contributed by atoms with Gasteiger partial charge in [0.25, 0.3) is 0 Å². The maximum atomic E-state index is 5.03. The van der Waals surface area contributed by atoms with E-state index in [2.05, 4.69) is 39.0 Å². The van der Waals surface area contributed by atoms with Crippen LogP contribution in [0, 0.1) is 5.41 Å². The van der Waals surface area contributed by atoms with Crippen LogP contribution >= 0.6 is 0 Å². The summed E-state index contributed by atoms with van der Waals surface area (Å²) in [7, 11) is 0. The van der Waals surface area contributed by atoms with Crippen LogP contribution in [-0.2, 0) is 4.74 Å². The summed E-state index contributed by atoms with van der Waals surface area (Å²) in [6, 6.07) is 0. The van der Waals surface area contributed by atoms with Crippen molar-refractivity contribution in [1.29, 1.82) is 0 Å². The molecule has 1 aliphatic carbocycles. The summed E-state index contributed by atoms with van der Waals surface area (Å²) in [4.78, 5) is 0. The fraction of sp³-hybridized carbons (Fsp3) is 0.714. The van der Waals surface area contributed by atoms with Crippen LogP contribution < -0.4 is 0 Å². The Kier molecular flexibility index (Phi) is 5.10. The second kappa shape index (κ2) is 6.12. The fourth-order valence-electron chi connectivity index (χ4n) is 1.60. The molecule has 1 heteroatoms. The normalized spacial score (nSPS) is 22.2. The van der Waals surface area contributed by atoms with E-state index in [4.69, 9.17) is 4.74 Å². The lowest BCUT2D eigenvalue weighted by Gasteiger charge is -2.36. The predicted octanol–water partition coefficient (Wildman–Crippen LogP) is 4.11. The van der Waals surface area contributed by atoms with E-state index in [1.807, 2.05) is 0 Å². The van der Waals surface area contributed by atoms with Gasteiger partial charge in [0.1, 0.15) is 0 Å². The summed E-state index contributed by atoms with van der Waals surface area (Å²) in [5, 5.41) is 0. The molecule has 0 radical (unpaired) electrons. The second-order valence-corrected chi connectivity index (χ2v) is 4.80. The van der Waals surface area contributed by atoms with Crippen LogP contribution in [0.4, 0.5) is 0 Å². The highest BCUT2D eigenvalue weighted by Crippen LogP contribution is 2.29. The van der Waals surface area contributed by atoms with E-state index >= 15 is 0 Å². The molecule has 0 aromatic heterocycles. The topological polar surface area (TPSA) is 9.23 Å². The standard InChI is InChI=1S/C8H12.C6H12O/c1-2-8-6-4-3-5-7-8;1-3-6(2)4-7-5-6/h3-4,6H,2,5,7H2,1H3;3-5H2,1-2H3. The molecule has 2 rings (SSSR count). The largest absolute Gasteiger partial charge is 0.380 e. The molecule has 15 heavy (non-hydrogen) atoms. The van der Waals surface area contributed by atoms with Crippen molar-refractivity contribution in [2.24, 2.45) is 5.41 Å². The predicted molar refractivity (Wildman–Crippen MR) is 66.0 cm³/mol. The van der Waals surface area contributed by atoms with Crippen molar-refractivity contribution >= 4 is 0 Å². The van der Waals surface area contributed by atoms with E-state index in [-0.39, 0.29) is 0 Å². The molecule has 0 N–H and O–H groups in total. The number of hydrogen-bond donors (Lipinski definition) is 0. The Morgan fingerprint density at radius 1 is 1.33 bits per heavy atom. The SMILES string of the molecule is CCC1(C)COC1.CCC1=CC=CCC1. The Balaban J connectivity index is 0.000000151. The van der Waals surface area contributed by atoms with Crippen LogP contribution in [0.5, 0.6) is 0 Å². The van der Waals surface area contributed by atoms with Crippen molar-refractivity contribution < 1.29 is 4.74 Å². The van der Waals surface area contributed by atoms with Crippen molar-refractivity contribution in [3.8, 4) is 0 Å². The first-order chi connectivity index (χ1) is 7.20. The summed E-state index contributed by atoms with van der Waals surface area (Å²) in [6.07, 6.45) is 11.6. The van der Waals surface area contributed by atoms with Crippen molar-refractivity contribution in [2.45, 2.75) is 46.5 Å². The number of ether oxygens (including phenoxy) is 1. The van der Waals surface area contributed by atoms with Gasteiger partial charge in [0.2, 0.25) is 0 Å². The third kappa shape index (κ3) is 4.21. The molecule has 1 fully saturated rings. The average molecular weight is 208 g/mol. The quantitative estimate of drug-likeness (QED) is 0.663. The third-order valence-electron chi connectivity index (χ3n) is 3.31. The Morgan fingerprint density at radius 3 is 2.27 bits per heavy atom. The smallest absolute Gasteiger partial charge is 0.0542 e. The zero-order valence-electron chi connectivity index (χ0n) is 10.4. The summed E-state index contributed by atoms with van der Waals surface area (Å²) in [6.45, 7) is 8.64. The van der Waals surface area contributed by atoms with Crippen molar-refractivity contribution in [3.63, 3.8) is 0 Å². The zero-order chi connectivity index (χ0) is 11.1. The molecular formula is C14H24O. The van der Waals surface area contributed by atoms with E-state index in [0.29, 0.717) is 5.41 Å². The fourth-order valence-corrected chi connectivity index (χ4v) is 1.60. The van der Waals surface area contributed by atoms with E-state index in [9.17, 15) is 0 Å². The Bertz CT molecular complexity index is 228. The summed E-state index contributed by atoms with van der Waals surface area (Å²) in [5.41, 5.74) is 2.13. The van der Waals surface area contributed by atoms with Gasteiger partial charge in [0.15, 0.2) is 0 Å². The van der Waals surface area contributed by atoms with E-state index in [1.165, 1.54) is 25.7 Å². The monoisotopic (exact) mass is 208 g/mol. The van der Waals surface area contributed by atoms with Gasteiger partial charge in [-0.2, -0.15) is 0 Å². The minimum absolute atomic E-state index is 0.542. The number of rotatable bonds is 2. The molecule has 0 saturated carbocycles. The van der Waals surface area contributed by atoms with Gasteiger partial charge in [0, 0.05) is 5.41 Å². The van der Waals surface area contributed by atoms with Gasteiger partial charge in [0.05, 0.1) is 13.2 Å². The lowest BCUT2D eigenvalue weighted by atomic mass is 9.86. The molecule has 1 aliphatic heterocycles. The lowest BCUT2D eigenvalue weighted by Crippen LogP contribution is -2.38. The van der Waals surface area contributed by atoms with Crippen LogP contribution in [-0.4, -0.2) is 13.2 Å². The summed E-state index contributed by atoms with van der Waals surface area (Å²) in [5.74, 6) is 0. The maximum absolute atomic E-state index is 5.03. The lowest BCUT2D eigenvalue weighted by molar-refractivity contribution is -0.103. The third-order valence-corrected chi connectivity index (χ3v) is 3.31. The first-order valence-corrected chi connectivity index (χ1v) is 6.12. The van der Waals surface area contributed by atoms with Crippen molar-refractivity contribution in [3.05, 3.63) is 23.8 Å². The molecule has 1 saturated heterocycles. The summed E-state index contributed by atoms with van der Waals surface area (Å²) < 4.78 is 5.03. The second-order valence-electron chi connectivity index (χ2n) is 4.80. The highest BCUT2D eigenvalue weighted by Gasteiger charge is 2.30. The molecule has 0 aromatic rings. The first kappa shape index (κ1) is 12.5. The minimum atomic E-state index is 0.542. The van der Waals surface area contributed by atoms with Crippen LogP contribution in [0.1, 0.15) is 46.5 Å². The van der Waals surface area contributed by atoms with Gasteiger partial charge >= 0.3 is 0 Å².